The quantitative estimate of drug-likeness (QED) is 0.349. The molecule has 31 heavy (non-hydrogen) atoms. The largest absolute Gasteiger partial charge is 0.490 e. The Morgan fingerprint density at radius 3 is 2.77 bits per heavy atom. The van der Waals surface area contributed by atoms with Gasteiger partial charge in [0.25, 0.3) is 5.56 Å². The second-order valence-electron chi connectivity index (χ2n) is 6.77. The lowest BCUT2D eigenvalue weighted by molar-refractivity contribution is 0.272. The van der Waals surface area contributed by atoms with Crippen LogP contribution in [0.2, 0.25) is 0 Å². The van der Waals surface area contributed by atoms with E-state index in [0.717, 1.165) is 29.0 Å². The van der Waals surface area contributed by atoms with Gasteiger partial charge in [0.15, 0.2) is 17.3 Å². The second-order valence-corrected chi connectivity index (χ2v) is 8.76. The van der Waals surface area contributed by atoms with E-state index in [-0.39, 0.29) is 5.56 Å². The van der Waals surface area contributed by atoms with Crippen molar-refractivity contribution in [3.05, 3.63) is 66.9 Å². The van der Waals surface area contributed by atoms with Gasteiger partial charge in [-0.1, -0.05) is 36.8 Å². The van der Waals surface area contributed by atoms with E-state index in [1.165, 1.54) is 15.9 Å². The standard InChI is InChI=1S/C23H23N3O3S2/c1-3-5-12-29-18-10-8-16(14-19(18)28-4-2)15-20-22(27)26-23(31-20)24-21(25-26)11-9-17-7-6-13-30-17/h6-11,13-15H,3-5,12H2,1-2H3/b11-9+,20-15-. The van der Waals surface area contributed by atoms with E-state index in [1.54, 1.807) is 11.3 Å². The molecule has 0 unspecified atom stereocenters. The highest BCUT2D eigenvalue weighted by Crippen LogP contribution is 2.29. The molecule has 3 heterocycles. The molecular weight excluding hydrogens is 430 g/mol. The summed E-state index contributed by atoms with van der Waals surface area (Å²) in [4.78, 5) is 18.9. The molecule has 3 aromatic heterocycles. The molecule has 0 amide bonds. The lowest BCUT2D eigenvalue weighted by Crippen LogP contribution is -2.23. The van der Waals surface area contributed by atoms with Gasteiger partial charge in [-0.2, -0.15) is 9.50 Å². The number of fused-ring (bicyclic) bond motifs is 1. The lowest BCUT2D eigenvalue weighted by atomic mass is 10.2. The van der Waals surface area contributed by atoms with Crippen LogP contribution >= 0.6 is 22.7 Å². The van der Waals surface area contributed by atoms with Crippen LogP contribution in [0.15, 0.2) is 40.5 Å². The Hall–Kier alpha value is -2.97. The lowest BCUT2D eigenvalue weighted by Gasteiger charge is -2.12. The predicted molar refractivity (Wildman–Crippen MR) is 127 cm³/mol. The monoisotopic (exact) mass is 453 g/mol. The fraction of sp³-hybridized carbons (Fsp3) is 0.261. The molecule has 0 saturated carbocycles. The van der Waals surface area contributed by atoms with E-state index in [2.05, 4.69) is 17.0 Å². The second kappa shape index (κ2) is 9.89. The summed E-state index contributed by atoms with van der Waals surface area (Å²) >= 11 is 2.96. The SMILES string of the molecule is CCCCOc1ccc(/C=c2\sc3nc(/C=C/c4cccs4)nn3c2=O)cc1OCC. The first-order chi connectivity index (χ1) is 15.2. The van der Waals surface area contributed by atoms with Crippen molar-refractivity contribution >= 4 is 45.9 Å². The minimum atomic E-state index is -0.176. The maximum absolute atomic E-state index is 12.8. The van der Waals surface area contributed by atoms with Crippen molar-refractivity contribution < 1.29 is 9.47 Å². The maximum Gasteiger partial charge on any atom is 0.291 e. The summed E-state index contributed by atoms with van der Waals surface area (Å²) < 4.78 is 13.5. The van der Waals surface area contributed by atoms with Crippen LogP contribution in [-0.2, 0) is 0 Å². The van der Waals surface area contributed by atoms with Crippen molar-refractivity contribution in [1.82, 2.24) is 14.6 Å². The normalized spacial score (nSPS) is 12.3. The van der Waals surface area contributed by atoms with Crippen LogP contribution in [0.25, 0.3) is 23.2 Å². The molecule has 6 nitrogen and oxygen atoms in total. The molecule has 0 aliphatic carbocycles. The average Bonchev–Trinajstić information content (AvgIpc) is 3.48. The highest BCUT2D eigenvalue weighted by molar-refractivity contribution is 7.15. The Morgan fingerprint density at radius 1 is 1.13 bits per heavy atom. The molecule has 0 atom stereocenters. The fourth-order valence-corrected chi connectivity index (χ4v) is 4.47. The van der Waals surface area contributed by atoms with Gasteiger partial charge >= 0.3 is 0 Å². The van der Waals surface area contributed by atoms with Crippen molar-refractivity contribution in [2.24, 2.45) is 0 Å². The summed E-state index contributed by atoms with van der Waals surface area (Å²) in [6.07, 6.45) is 7.66. The number of thiophene rings is 1. The van der Waals surface area contributed by atoms with Crippen LogP contribution in [0.5, 0.6) is 11.5 Å². The Kier molecular flexibility index (Phi) is 6.79. The first kappa shape index (κ1) is 21.3. The molecular formula is C23H23N3O3S2. The van der Waals surface area contributed by atoms with E-state index in [1.807, 2.05) is 60.9 Å². The minimum Gasteiger partial charge on any atom is -0.490 e. The zero-order valence-corrected chi connectivity index (χ0v) is 19.0. The van der Waals surface area contributed by atoms with Crippen LogP contribution < -0.4 is 19.6 Å². The number of thiazole rings is 1. The number of benzene rings is 1. The molecule has 0 fully saturated rings. The van der Waals surface area contributed by atoms with E-state index < -0.39 is 0 Å². The molecule has 0 N–H and O–H groups in total. The molecule has 4 aromatic rings. The number of aromatic nitrogens is 3. The molecule has 160 valence electrons. The number of hydrogen-bond acceptors (Lipinski definition) is 7. The van der Waals surface area contributed by atoms with Crippen molar-refractivity contribution in [2.75, 3.05) is 13.2 Å². The van der Waals surface area contributed by atoms with Crippen molar-refractivity contribution in [3.8, 4) is 11.5 Å². The maximum atomic E-state index is 12.8. The molecule has 0 aliphatic heterocycles. The Balaban J connectivity index is 1.61. The van der Waals surface area contributed by atoms with Gasteiger partial charge in [-0.3, -0.25) is 4.79 Å². The van der Waals surface area contributed by atoms with Gasteiger partial charge in [-0.15, -0.1) is 16.4 Å². The van der Waals surface area contributed by atoms with Crippen molar-refractivity contribution in [3.63, 3.8) is 0 Å². The summed E-state index contributed by atoms with van der Waals surface area (Å²) in [6, 6.07) is 9.72. The first-order valence-electron chi connectivity index (χ1n) is 10.2. The van der Waals surface area contributed by atoms with Gasteiger partial charge in [0.1, 0.15) is 0 Å². The zero-order valence-electron chi connectivity index (χ0n) is 17.4. The molecule has 0 spiro atoms. The Bertz CT molecular complexity index is 1290. The molecule has 4 rings (SSSR count). The topological polar surface area (TPSA) is 65.7 Å². The molecule has 0 radical (unpaired) electrons. The van der Waals surface area contributed by atoms with Crippen LogP contribution in [0, 0.1) is 0 Å². The third-order valence-electron chi connectivity index (χ3n) is 4.46. The third-order valence-corrected chi connectivity index (χ3v) is 6.26. The number of ether oxygens (including phenoxy) is 2. The summed E-state index contributed by atoms with van der Waals surface area (Å²) in [5.74, 6) is 1.93. The van der Waals surface area contributed by atoms with Gasteiger partial charge in [0, 0.05) is 4.88 Å². The van der Waals surface area contributed by atoms with E-state index in [0.29, 0.717) is 34.3 Å². The molecule has 1 aromatic carbocycles. The Labute approximate surface area is 188 Å². The van der Waals surface area contributed by atoms with E-state index in [4.69, 9.17) is 9.47 Å². The number of hydrogen-bond donors (Lipinski definition) is 0. The van der Waals surface area contributed by atoms with Crippen LogP contribution in [-0.4, -0.2) is 27.8 Å². The summed E-state index contributed by atoms with van der Waals surface area (Å²) in [5, 5.41) is 6.34. The van der Waals surface area contributed by atoms with Gasteiger partial charge in [0.05, 0.1) is 17.7 Å². The smallest absolute Gasteiger partial charge is 0.291 e. The van der Waals surface area contributed by atoms with Crippen LogP contribution in [0.1, 0.15) is 43.0 Å². The van der Waals surface area contributed by atoms with Gasteiger partial charge in [0.2, 0.25) is 4.96 Å². The highest BCUT2D eigenvalue weighted by atomic mass is 32.1. The first-order valence-corrected chi connectivity index (χ1v) is 11.9. The summed E-state index contributed by atoms with van der Waals surface area (Å²) in [5.41, 5.74) is 0.690. The van der Waals surface area contributed by atoms with Gasteiger partial charge < -0.3 is 9.47 Å². The molecule has 0 saturated heterocycles. The summed E-state index contributed by atoms with van der Waals surface area (Å²) in [6.45, 7) is 5.26. The molecule has 8 heteroatoms. The van der Waals surface area contributed by atoms with E-state index in [9.17, 15) is 4.79 Å². The number of rotatable bonds is 9. The average molecular weight is 454 g/mol. The van der Waals surface area contributed by atoms with Crippen LogP contribution in [0.3, 0.4) is 0 Å². The summed E-state index contributed by atoms with van der Waals surface area (Å²) in [7, 11) is 0. The van der Waals surface area contributed by atoms with Gasteiger partial charge in [-0.25, -0.2) is 0 Å². The molecule has 0 bridgehead atoms. The van der Waals surface area contributed by atoms with Crippen molar-refractivity contribution in [1.29, 1.82) is 0 Å². The van der Waals surface area contributed by atoms with Crippen LogP contribution in [0.4, 0.5) is 0 Å². The minimum absolute atomic E-state index is 0.176. The zero-order chi connectivity index (χ0) is 21.6. The third kappa shape index (κ3) is 5.03. The number of unbranched alkanes of at least 4 members (excludes halogenated alkanes) is 1. The van der Waals surface area contributed by atoms with E-state index >= 15 is 0 Å². The predicted octanol–water partition coefficient (Wildman–Crippen LogP) is 4.51. The fourth-order valence-electron chi connectivity index (χ4n) is 2.94. The van der Waals surface area contributed by atoms with Gasteiger partial charge in [-0.05, 0) is 60.7 Å². The molecule has 0 aliphatic rings. The highest BCUT2D eigenvalue weighted by Gasteiger charge is 2.10. The number of nitrogens with zero attached hydrogens (tertiary/aromatic N) is 3. The van der Waals surface area contributed by atoms with Crippen molar-refractivity contribution in [2.45, 2.75) is 26.7 Å². The Morgan fingerprint density at radius 2 is 2.03 bits per heavy atom.